The van der Waals surface area contributed by atoms with Crippen molar-refractivity contribution < 1.29 is 23.8 Å². The number of aliphatic hydroxyl groups is 1. The SMILES string of the molecule is C=CCOc1ccc([C@H]2/C(=C(\O)c3ccc(F)cc3)C(=O)C(=O)N2CCCn2ccnc2)cc1. The maximum atomic E-state index is 13.4. The Balaban J connectivity index is 1.70. The quantitative estimate of drug-likeness (QED) is 0.225. The molecule has 1 amide bonds. The summed E-state index contributed by atoms with van der Waals surface area (Å²) in [5.41, 5.74) is 0.879. The summed E-state index contributed by atoms with van der Waals surface area (Å²) in [6.45, 7) is 4.87. The maximum Gasteiger partial charge on any atom is 0.295 e. The molecule has 34 heavy (non-hydrogen) atoms. The van der Waals surface area contributed by atoms with Gasteiger partial charge in [0.2, 0.25) is 0 Å². The third-order valence-electron chi connectivity index (χ3n) is 5.60. The van der Waals surface area contributed by atoms with E-state index in [0.29, 0.717) is 37.4 Å². The van der Waals surface area contributed by atoms with E-state index in [9.17, 15) is 19.1 Å². The van der Waals surface area contributed by atoms with Crippen LogP contribution in [-0.2, 0) is 16.1 Å². The molecule has 2 aromatic carbocycles. The van der Waals surface area contributed by atoms with Gasteiger partial charge in [-0.1, -0.05) is 24.8 Å². The molecule has 8 heteroatoms. The number of ketones is 1. The van der Waals surface area contributed by atoms with Gasteiger partial charge in [-0.15, -0.1) is 0 Å². The van der Waals surface area contributed by atoms with E-state index in [4.69, 9.17) is 4.74 Å². The predicted octanol–water partition coefficient (Wildman–Crippen LogP) is 4.10. The summed E-state index contributed by atoms with van der Waals surface area (Å²) >= 11 is 0. The average molecular weight is 461 g/mol. The van der Waals surface area contributed by atoms with Crippen LogP contribution in [0.25, 0.3) is 5.76 Å². The van der Waals surface area contributed by atoms with Gasteiger partial charge in [0.1, 0.15) is 23.9 Å². The van der Waals surface area contributed by atoms with E-state index < -0.39 is 23.5 Å². The molecule has 0 aliphatic carbocycles. The first-order valence-electron chi connectivity index (χ1n) is 10.8. The minimum Gasteiger partial charge on any atom is -0.507 e. The molecule has 174 valence electrons. The fourth-order valence-corrected chi connectivity index (χ4v) is 3.96. The van der Waals surface area contributed by atoms with E-state index >= 15 is 0 Å². The molecular formula is C26H24FN3O4. The number of aliphatic hydroxyl groups excluding tert-OH is 1. The van der Waals surface area contributed by atoms with Crippen LogP contribution in [0.3, 0.4) is 0 Å². The summed E-state index contributed by atoms with van der Waals surface area (Å²) in [6.07, 6.45) is 7.39. The lowest BCUT2D eigenvalue weighted by Crippen LogP contribution is -2.31. The molecule has 1 atom stereocenters. The summed E-state index contributed by atoms with van der Waals surface area (Å²) in [4.78, 5) is 31.5. The molecule has 0 unspecified atom stereocenters. The molecule has 0 saturated carbocycles. The van der Waals surface area contributed by atoms with Crippen LogP contribution in [0.15, 0.2) is 85.5 Å². The third kappa shape index (κ3) is 4.76. The van der Waals surface area contributed by atoms with Crippen LogP contribution in [0.2, 0.25) is 0 Å². The Labute approximate surface area is 196 Å². The van der Waals surface area contributed by atoms with Crippen molar-refractivity contribution in [2.75, 3.05) is 13.2 Å². The molecule has 4 rings (SSSR count). The van der Waals surface area contributed by atoms with Crippen molar-refractivity contribution >= 4 is 17.4 Å². The second-order valence-electron chi connectivity index (χ2n) is 7.82. The fraction of sp³-hybridized carbons (Fsp3) is 0.192. The summed E-state index contributed by atoms with van der Waals surface area (Å²) in [5.74, 6) is -1.66. The molecular weight excluding hydrogens is 437 g/mol. The Hall–Kier alpha value is -4.20. The first-order valence-corrected chi connectivity index (χ1v) is 10.8. The van der Waals surface area contributed by atoms with Gasteiger partial charge in [0.15, 0.2) is 0 Å². The van der Waals surface area contributed by atoms with E-state index in [1.54, 1.807) is 42.9 Å². The van der Waals surface area contributed by atoms with Gasteiger partial charge in [0.25, 0.3) is 11.7 Å². The van der Waals surface area contributed by atoms with E-state index in [-0.39, 0.29) is 16.9 Å². The molecule has 0 radical (unpaired) electrons. The molecule has 1 aliphatic heterocycles. The molecule has 1 saturated heterocycles. The highest BCUT2D eigenvalue weighted by Gasteiger charge is 2.45. The zero-order chi connectivity index (χ0) is 24.1. The van der Waals surface area contributed by atoms with Gasteiger partial charge in [0, 0.05) is 31.0 Å². The number of imidazole rings is 1. The topological polar surface area (TPSA) is 84.7 Å². The van der Waals surface area contributed by atoms with Gasteiger partial charge in [0.05, 0.1) is 17.9 Å². The number of benzene rings is 2. The highest BCUT2D eigenvalue weighted by Crippen LogP contribution is 2.40. The van der Waals surface area contributed by atoms with E-state index in [1.165, 1.54) is 29.2 Å². The van der Waals surface area contributed by atoms with Crippen molar-refractivity contribution in [2.24, 2.45) is 0 Å². The van der Waals surface area contributed by atoms with Gasteiger partial charge in [-0.05, 0) is 48.4 Å². The van der Waals surface area contributed by atoms with Gasteiger partial charge in [-0.25, -0.2) is 9.37 Å². The summed E-state index contributed by atoms with van der Waals surface area (Å²) in [7, 11) is 0. The monoisotopic (exact) mass is 461 g/mol. The number of Topliss-reactive ketones (excluding diaryl/α,β-unsaturated/α-hetero) is 1. The predicted molar refractivity (Wildman–Crippen MR) is 124 cm³/mol. The fourth-order valence-electron chi connectivity index (χ4n) is 3.96. The Morgan fingerprint density at radius 1 is 1.12 bits per heavy atom. The highest BCUT2D eigenvalue weighted by molar-refractivity contribution is 6.46. The van der Waals surface area contributed by atoms with Crippen molar-refractivity contribution in [1.82, 2.24) is 14.5 Å². The van der Waals surface area contributed by atoms with E-state index in [0.717, 1.165) is 0 Å². The molecule has 1 aliphatic rings. The Kier molecular flexibility index (Phi) is 6.87. The lowest BCUT2D eigenvalue weighted by Gasteiger charge is -2.25. The summed E-state index contributed by atoms with van der Waals surface area (Å²) in [6, 6.07) is 11.3. The lowest BCUT2D eigenvalue weighted by molar-refractivity contribution is -0.139. The number of nitrogens with zero attached hydrogens (tertiary/aromatic N) is 3. The van der Waals surface area contributed by atoms with Crippen LogP contribution >= 0.6 is 0 Å². The number of hydrogen-bond acceptors (Lipinski definition) is 5. The molecule has 1 aromatic heterocycles. The standard InChI is InChI=1S/C26H24FN3O4/c1-2-16-34-21-10-6-18(7-11-21)23-22(24(31)19-4-8-20(27)9-5-19)25(32)26(33)30(23)14-3-13-29-15-12-28-17-29/h2,4-12,15,17,23,31H,1,3,13-14,16H2/b24-22+/t23-/m0/s1. The first-order chi connectivity index (χ1) is 16.5. The zero-order valence-electron chi connectivity index (χ0n) is 18.4. The summed E-state index contributed by atoms with van der Waals surface area (Å²) < 4.78 is 20.8. The number of carbonyl (C=O) groups excluding carboxylic acids is 2. The summed E-state index contributed by atoms with van der Waals surface area (Å²) in [5, 5.41) is 11.0. The third-order valence-corrected chi connectivity index (χ3v) is 5.60. The first kappa shape index (κ1) is 23.0. The number of aromatic nitrogens is 2. The van der Waals surface area contributed by atoms with Crippen LogP contribution in [0, 0.1) is 5.82 Å². The van der Waals surface area contributed by atoms with Crippen LogP contribution < -0.4 is 4.74 Å². The van der Waals surface area contributed by atoms with Crippen LogP contribution in [0.1, 0.15) is 23.6 Å². The largest absolute Gasteiger partial charge is 0.507 e. The Morgan fingerprint density at radius 3 is 2.50 bits per heavy atom. The second kappa shape index (κ2) is 10.2. The van der Waals surface area contributed by atoms with Crippen molar-refractivity contribution in [2.45, 2.75) is 19.0 Å². The van der Waals surface area contributed by atoms with Gasteiger partial charge >= 0.3 is 0 Å². The lowest BCUT2D eigenvalue weighted by atomic mass is 9.95. The minimum absolute atomic E-state index is 0.0287. The van der Waals surface area contributed by atoms with Crippen LogP contribution in [0.4, 0.5) is 4.39 Å². The van der Waals surface area contributed by atoms with Gasteiger partial charge in [-0.2, -0.15) is 0 Å². The van der Waals surface area contributed by atoms with Crippen molar-refractivity contribution in [1.29, 1.82) is 0 Å². The molecule has 1 N–H and O–H groups in total. The smallest absolute Gasteiger partial charge is 0.295 e. The molecule has 0 bridgehead atoms. The molecule has 7 nitrogen and oxygen atoms in total. The Bertz CT molecular complexity index is 1200. The van der Waals surface area contributed by atoms with Crippen LogP contribution in [-0.4, -0.2) is 44.4 Å². The number of rotatable bonds is 9. The molecule has 1 fully saturated rings. The second-order valence-corrected chi connectivity index (χ2v) is 7.82. The van der Waals surface area contributed by atoms with Crippen molar-refractivity contribution in [3.05, 3.63) is 102 Å². The number of carbonyl (C=O) groups is 2. The number of likely N-dealkylation sites (tertiary alicyclic amines) is 1. The van der Waals surface area contributed by atoms with Gasteiger partial charge in [-0.3, -0.25) is 9.59 Å². The normalized spacial score (nSPS) is 17.2. The van der Waals surface area contributed by atoms with E-state index in [2.05, 4.69) is 11.6 Å². The number of halogens is 1. The number of hydrogen-bond donors (Lipinski definition) is 1. The van der Waals surface area contributed by atoms with E-state index in [1.807, 2.05) is 10.8 Å². The number of amides is 1. The highest BCUT2D eigenvalue weighted by atomic mass is 19.1. The Morgan fingerprint density at radius 2 is 1.85 bits per heavy atom. The molecule has 3 aromatic rings. The van der Waals surface area contributed by atoms with Crippen LogP contribution in [0.5, 0.6) is 5.75 Å². The molecule has 2 heterocycles. The van der Waals surface area contributed by atoms with Crippen molar-refractivity contribution in [3.63, 3.8) is 0 Å². The maximum absolute atomic E-state index is 13.4. The van der Waals surface area contributed by atoms with Crippen molar-refractivity contribution in [3.8, 4) is 5.75 Å². The average Bonchev–Trinajstić information content (AvgIpc) is 3.45. The minimum atomic E-state index is -0.790. The van der Waals surface area contributed by atoms with Gasteiger partial charge < -0.3 is 19.3 Å². The zero-order valence-corrected chi connectivity index (χ0v) is 18.4. The number of ether oxygens (including phenoxy) is 1. The molecule has 0 spiro atoms. The number of aryl methyl sites for hydroxylation is 1.